The van der Waals surface area contributed by atoms with Crippen molar-refractivity contribution < 1.29 is 51.3 Å². The number of hydrogen-bond donors (Lipinski definition) is 0. The van der Waals surface area contributed by atoms with Gasteiger partial charge >= 0.3 is 21.7 Å². The number of carbonyl (C=O) groups is 1. The van der Waals surface area contributed by atoms with Crippen molar-refractivity contribution in [1.82, 2.24) is 0 Å². The van der Waals surface area contributed by atoms with Crippen molar-refractivity contribution in [3.05, 3.63) is 121 Å². The minimum atomic E-state index is -0.507. The average molecular weight is 566 g/mol. The third-order valence-electron chi connectivity index (χ3n) is 5.04. The first kappa shape index (κ1) is 33.7. The summed E-state index contributed by atoms with van der Waals surface area (Å²) in [5.41, 5.74) is 6.12. The zero-order valence-electron chi connectivity index (χ0n) is 20.6. The molecule has 0 saturated heterocycles. The van der Waals surface area contributed by atoms with Crippen LogP contribution in [0.2, 0.25) is 0 Å². The predicted molar refractivity (Wildman–Crippen MR) is 144 cm³/mol. The third kappa shape index (κ3) is 10.4. The van der Waals surface area contributed by atoms with Gasteiger partial charge in [-0.05, 0) is 0 Å². The van der Waals surface area contributed by atoms with Crippen LogP contribution in [0.1, 0.15) is 20.8 Å². The number of rotatable bonds is 2. The van der Waals surface area contributed by atoms with Gasteiger partial charge in [-0.3, -0.25) is 0 Å². The summed E-state index contributed by atoms with van der Waals surface area (Å²) in [6.45, 7) is 5.17. The maximum Gasteiger partial charge on any atom is 4.00 e. The Bertz CT molecular complexity index is 1210. The second-order valence-corrected chi connectivity index (χ2v) is 10.2. The third-order valence-corrected chi connectivity index (χ3v) is 6.28. The Labute approximate surface area is 244 Å². The van der Waals surface area contributed by atoms with Gasteiger partial charge in [-0.15, -0.1) is 39.7 Å². The van der Waals surface area contributed by atoms with E-state index < -0.39 is 11.3 Å². The van der Waals surface area contributed by atoms with E-state index in [-0.39, 0.29) is 46.5 Å². The largest absolute Gasteiger partial charge is 4.00 e. The predicted octanol–water partition coefficient (Wildman–Crippen LogP) is 0.670. The Kier molecular flexibility index (Phi) is 15.4. The van der Waals surface area contributed by atoms with Crippen LogP contribution >= 0.6 is 0 Å². The molecule has 0 aliphatic heterocycles. The maximum atomic E-state index is 10.1. The van der Waals surface area contributed by atoms with Crippen molar-refractivity contribution in [2.24, 2.45) is 5.41 Å². The molecule has 0 atom stereocenters. The number of fused-ring (bicyclic) bond motifs is 3. The van der Waals surface area contributed by atoms with Crippen molar-refractivity contribution in [1.29, 1.82) is 0 Å². The molecule has 5 aromatic rings. The number of halogens is 2. The molecule has 0 aromatic heterocycles. The van der Waals surface area contributed by atoms with Gasteiger partial charge in [0.05, 0.1) is 5.91 Å². The SMILES string of the molecule is CC(C)(C)C([NH-])=O.[Cl-].[Cl-].[Ti+4].c1ccc([Si]c2ccccc2)cc1.c1ccc2c(c1)[cH-]c1ccccc12. The monoisotopic (exact) mass is 565 g/mol. The summed E-state index contributed by atoms with van der Waals surface area (Å²) in [6, 6.07) is 40.4. The fourth-order valence-electron chi connectivity index (χ4n) is 3.11. The Hall–Kier alpha value is -2.27. The van der Waals surface area contributed by atoms with E-state index >= 15 is 0 Å². The topological polar surface area (TPSA) is 40.9 Å². The summed E-state index contributed by atoms with van der Waals surface area (Å²) in [7, 11) is 0.777. The van der Waals surface area contributed by atoms with E-state index in [2.05, 4.69) is 115 Å². The maximum absolute atomic E-state index is 10.1. The van der Waals surface area contributed by atoms with Crippen LogP contribution in [0, 0.1) is 5.41 Å². The van der Waals surface area contributed by atoms with Crippen LogP contribution in [0.15, 0.2) is 115 Å². The molecule has 0 fully saturated rings. The molecule has 182 valence electrons. The summed E-state index contributed by atoms with van der Waals surface area (Å²) >= 11 is 0. The fraction of sp³-hybridized carbons (Fsp3) is 0.133. The van der Waals surface area contributed by atoms with Gasteiger partial charge < -0.3 is 35.3 Å². The van der Waals surface area contributed by atoms with Gasteiger partial charge in [0.25, 0.3) is 0 Å². The standard InChI is InChI=1S/C13H9.C12H10Si.C5H11NO.2ClH.Ti/c1-3-7-12-10(5-1)9-11-6-2-4-8-13(11)12;1-3-7-11(8-4-1)13-12-9-5-2-6-10-12;1-5(2,3)4(6)7;;;/h1-9H;1-10H;1-3H3,(H2,6,7);2*1H;/q-1;;;;;+4/p-3. The minimum absolute atomic E-state index is 0. The van der Waals surface area contributed by atoms with E-state index in [9.17, 15) is 4.79 Å². The van der Waals surface area contributed by atoms with Crippen molar-refractivity contribution in [2.45, 2.75) is 20.8 Å². The minimum Gasteiger partial charge on any atom is -1.00 e. The van der Waals surface area contributed by atoms with E-state index in [0.717, 1.165) is 9.52 Å². The summed E-state index contributed by atoms with van der Waals surface area (Å²) < 4.78 is 0. The summed E-state index contributed by atoms with van der Waals surface area (Å²) in [5, 5.41) is 8.19. The first-order valence-electron chi connectivity index (χ1n) is 11.0. The molecule has 0 heterocycles. The van der Waals surface area contributed by atoms with Gasteiger partial charge in [0, 0.05) is 5.41 Å². The number of benzene rings is 4. The van der Waals surface area contributed by atoms with Gasteiger partial charge in [-0.1, -0.05) is 128 Å². The van der Waals surface area contributed by atoms with Gasteiger partial charge in [-0.2, -0.15) is 0 Å². The zero-order valence-corrected chi connectivity index (χ0v) is 24.7. The van der Waals surface area contributed by atoms with Gasteiger partial charge in [0.2, 0.25) is 0 Å². The van der Waals surface area contributed by atoms with E-state index in [4.69, 9.17) is 5.73 Å². The second-order valence-electron chi connectivity index (χ2n) is 8.76. The summed E-state index contributed by atoms with van der Waals surface area (Å²) in [4.78, 5) is 10.1. The summed E-state index contributed by atoms with van der Waals surface area (Å²) in [5.74, 6) is -0.507. The van der Waals surface area contributed by atoms with Crippen molar-refractivity contribution in [3.8, 4) is 0 Å². The van der Waals surface area contributed by atoms with Crippen LogP contribution in [0.3, 0.4) is 0 Å². The number of hydrogen-bond acceptors (Lipinski definition) is 1. The quantitative estimate of drug-likeness (QED) is 0.229. The molecule has 2 nitrogen and oxygen atoms in total. The van der Waals surface area contributed by atoms with Crippen LogP contribution in [-0.4, -0.2) is 15.4 Å². The molecule has 0 aliphatic carbocycles. The van der Waals surface area contributed by atoms with E-state index in [1.165, 1.54) is 31.9 Å². The molecule has 1 amide bonds. The van der Waals surface area contributed by atoms with Crippen LogP contribution < -0.4 is 35.2 Å². The zero-order chi connectivity index (χ0) is 23.7. The molecule has 2 radical (unpaired) electrons. The first-order valence-corrected chi connectivity index (χ1v) is 12.0. The van der Waals surface area contributed by atoms with Gasteiger partial charge in [0.1, 0.15) is 9.52 Å². The smallest absolute Gasteiger partial charge is 1.00 e. The Morgan fingerprint density at radius 1 is 0.639 bits per heavy atom. The number of amides is 1. The van der Waals surface area contributed by atoms with Gasteiger partial charge in [-0.25, -0.2) is 0 Å². The molecule has 6 heteroatoms. The molecular weight excluding hydrogens is 537 g/mol. The molecule has 0 spiro atoms. The number of nitrogens with one attached hydrogen (secondary N) is 1. The fourth-order valence-corrected chi connectivity index (χ4v) is 4.17. The molecule has 5 aromatic carbocycles. The number of carbonyl (C=O) groups excluding carboxylic acids is 1. The molecule has 36 heavy (non-hydrogen) atoms. The molecule has 0 bridgehead atoms. The Morgan fingerprint density at radius 3 is 1.28 bits per heavy atom. The molecule has 0 aliphatic rings. The van der Waals surface area contributed by atoms with Crippen LogP contribution in [0.25, 0.3) is 27.3 Å². The average Bonchev–Trinajstić information content (AvgIpc) is 3.19. The second kappa shape index (κ2) is 16.5. The van der Waals surface area contributed by atoms with Crippen LogP contribution in [0.4, 0.5) is 0 Å². The molecule has 0 unspecified atom stereocenters. The normalized spacial score (nSPS) is 9.75. The Morgan fingerprint density at radius 2 is 0.944 bits per heavy atom. The van der Waals surface area contributed by atoms with Crippen molar-refractivity contribution in [3.63, 3.8) is 0 Å². The van der Waals surface area contributed by atoms with Crippen LogP contribution in [-0.2, 0) is 26.5 Å². The van der Waals surface area contributed by atoms with Crippen molar-refractivity contribution in [2.75, 3.05) is 0 Å². The van der Waals surface area contributed by atoms with Crippen LogP contribution in [0.5, 0.6) is 0 Å². The molecule has 1 N–H and O–H groups in total. The van der Waals surface area contributed by atoms with E-state index in [0.29, 0.717) is 0 Å². The van der Waals surface area contributed by atoms with E-state index in [1.54, 1.807) is 20.8 Å². The first-order chi connectivity index (χ1) is 15.8. The summed E-state index contributed by atoms with van der Waals surface area (Å²) in [6.07, 6.45) is 0. The van der Waals surface area contributed by atoms with Gasteiger partial charge in [0.15, 0.2) is 0 Å². The van der Waals surface area contributed by atoms with E-state index in [1.807, 2.05) is 0 Å². The Balaban J connectivity index is 0.000000514. The molecule has 5 rings (SSSR count). The van der Waals surface area contributed by atoms with Crippen molar-refractivity contribution >= 4 is 47.3 Å². The molecule has 0 saturated carbocycles. The molecular formula is C30H29Cl2NOSiTi.